The molecule has 1 amide bonds. The molecule has 4 rings (SSSR count). The van der Waals surface area contributed by atoms with Gasteiger partial charge in [-0.05, 0) is 86.0 Å². The Kier molecular flexibility index (Phi) is 9.39. The number of carbonyl (C=O) groups excluding carboxylic acids is 2. The smallest absolute Gasteiger partial charge is 0.307 e. The Morgan fingerprint density at radius 1 is 0.897 bits per heavy atom. The molecule has 0 saturated carbocycles. The number of ether oxygens (including phenoxy) is 1. The summed E-state index contributed by atoms with van der Waals surface area (Å²) in [6.07, 6.45) is 1.85. The van der Waals surface area contributed by atoms with Crippen LogP contribution >= 0.6 is 0 Å². The Balaban J connectivity index is 1.30. The van der Waals surface area contributed by atoms with E-state index in [1.54, 1.807) is 31.2 Å². The third-order valence-corrected chi connectivity index (χ3v) is 6.13. The van der Waals surface area contributed by atoms with Crippen LogP contribution < -0.4 is 10.6 Å². The summed E-state index contributed by atoms with van der Waals surface area (Å²) < 4.78 is 23.8. The van der Waals surface area contributed by atoms with Gasteiger partial charge < -0.3 is 19.8 Å². The summed E-state index contributed by atoms with van der Waals surface area (Å²) in [5.41, 5.74) is 4.05. The molecule has 1 heterocycles. The zero-order valence-corrected chi connectivity index (χ0v) is 21.9. The van der Waals surface area contributed by atoms with Gasteiger partial charge in [0.25, 0.3) is 5.91 Å². The van der Waals surface area contributed by atoms with Crippen LogP contribution in [-0.4, -0.2) is 41.3 Å². The third kappa shape index (κ3) is 7.73. The van der Waals surface area contributed by atoms with Gasteiger partial charge in [-0.25, -0.2) is 4.39 Å². The predicted molar refractivity (Wildman–Crippen MR) is 147 cm³/mol. The van der Waals surface area contributed by atoms with E-state index in [1.807, 2.05) is 36.4 Å². The lowest BCUT2D eigenvalue weighted by atomic mass is 10.0. The van der Waals surface area contributed by atoms with E-state index in [0.717, 1.165) is 29.7 Å². The van der Waals surface area contributed by atoms with Crippen molar-refractivity contribution in [3.8, 4) is 22.9 Å². The molecule has 0 spiro atoms. The number of anilines is 1. The van der Waals surface area contributed by atoms with Crippen LogP contribution in [0.3, 0.4) is 0 Å². The van der Waals surface area contributed by atoms with Crippen LogP contribution in [-0.2, 0) is 16.0 Å². The van der Waals surface area contributed by atoms with Gasteiger partial charge in [-0.15, -0.1) is 10.2 Å². The number of halogens is 1. The maximum atomic E-state index is 13.2. The Morgan fingerprint density at radius 3 is 2.10 bits per heavy atom. The molecule has 0 bridgehead atoms. The van der Waals surface area contributed by atoms with E-state index >= 15 is 0 Å². The van der Waals surface area contributed by atoms with Crippen LogP contribution in [0.15, 0.2) is 77.2 Å². The van der Waals surface area contributed by atoms with Gasteiger partial charge >= 0.3 is 5.97 Å². The molecule has 1 atom stereocenters. The molecule has 0 saturated heterocycles. The van der Waals surface area contributed by atoms with Gasteiger partial charge in [-0.3, -0.25) is 9.59 Å². The van der Waals surface area contributed by atoms with Gasteiger partial charge in [0, 0.05) is 35.0 Å². The van der Waals surface area contributed by atoms with E-state index in [4.69, 9.17) is 9.15 Å². The van der Waals surface area contributed by atoms with Crippen LogP contribution in [0, 0.1) is 5.82 Å². The molecule has 8 nitrogen and oxygen atoms in total. The van der Waals surface area contributed by atoms with E-state index in [1.165, 1.54) is 12.1 Å². The first kappa shape index (κ1) is 27.5. The fourth-order valence-electron chi connectivity index (χ4n) is 3.98. The first-order valence-electron chi connectivity index (χ1n) is 12.9. The fourth-order valence-corrected chi connectivity index (χ4v) is 3.98. The van der Waals surface area contributed by atoms with Crippen molar-refractivity contribution in [2.75, 3.05) is 18.5 Å². The summed E-state index contributed by atoms with van der Waals surface area (Å²) in [6, 6.07) is 21.3. The average Bonchev–Trinajstić information content (AvgIpc) is 3.44. The number of hydrogen-bond donors (Lipinski definition) is 2. The molecule has 3 aromatic carbocycles. The minimum Gasteiger partial charge on any atom is -0.466 e. The molecule has 0 aliphatic rings. The second-order valence-corrected chi connectivity index (χ2v) is 8.96. The Morgan fingerprint density at radius 2 is 1.51 bits per heavy atom. The van der Waals surface area contributed by atoms with E-state index in [0.29, 0.717) is 29.5 Å². The summed E-state index contributed by atoms with van der Waals surface area (Å²) in [5, 5.41) is 14.5. The predicted octanol–water partition coefficient (Wildman–Crippen LogP) is 5.66. The molecule has 1 aromatic heterocycles. The highest BCUT2D eigenvalue weighted by atomic mass is 19.1. The fraction of sp³-hybridized carbons (Fsp3) is 0.267. The topological polar surface area (TPSA) is 106 Å². The normalized spacial score (nSPS) is 11.6. The van der Waals surface area contributed by atoms with E-state index in [2.05, 4.69) is 27.8 Å². The Hall–Kier alpha value is -4.53. The Bertz CT molecular complexity index is 1370. The van der Waals surface area contributed by atoms with Crippen LogP contribution in [0.2, 0.25) is 0 Å². The number of aromatic nitrogens is 2. The maximum Gasteiger partial charge on any atom is 0.307 e. The number of nitrogens with one attached hydrogen (secondary N) is 2. The number of hydrogen-bond acceptors (Lipinski definition) is 7. The zero-order valence-electron chi connectivity index (χ0n) is 21.9. The van der Waals surface area contributed by atoms with Gasteiger partial charge in [0.15, 0.2) is 0 Å². The summed E-state index contributed by atoms with van der Waals surface area (Å²) >= 11 is 0. The molecule has 2 N–H and O–H groups in total. The van der Waals surface area contributed by atoms with Crippen molar-refractivity contribution in [3.05, 3.63) is 89.7 Å². The largest absolute Gasteiger partial charge is 0.466 e. The molecule has 4 aromatic rings. The summed E-state index contributed by atoms with van der Waals surface area (Å²) in [4.78, 5) is 23.7. The summed E-state index contributed by atoms with van der Waals surface area (Å²) in [5.74, 6) is -0.148. The SMILES string of the molecule is CCOC(=O)CCNC(=O)c1ccc(NC(CC)Cc2ccc(-c3nnc(-c4ccc(F)cc4)o3)cc2)cc1. The number of esters is 1. The van der Waals surface area contributed by atoms with E-state index in [-0.39, 0.29) is 36.7 Å². The zero-order chi connectivity index (χ0) is 27.6. The van der Waals surface area contributed by atoms with Crippen LogP contribution in [0.4, 0.5) is 10.1 Å². The number of benzene rings is 3. The first-order chi connectivity index (χ1) is 18.9. The number of rotatable bonds is 12. The molecular formula is C30H31FN4O4. The number of amides is 1. The molecule has 202 valence electrons. The first-order valence-corrected chi connectivity index (χ1v) is 12.9. The van der Waals surface area contributed by atoms with Gasteiger partial charge in [-0.2, -0.15) is 0 Å². The van der Waals surface area contributed by atoms with Crippen LogP contribution in [0.1, 0.15) is 42.6 Å². The van der Waals surface area contributed by atoms with Crippen LogP contribution in [0.25, 0.3) is 22.9 Å². The maximum absolute atomic E-state index is 13.2. The molecular weight excluding hydrogens is 499 g/mol. The molecule has 39 heavy (non-hydrogen) atoms. The second kappa shape index (κ2) is 13.3. The molecule has 0 aliphatic heterocycles. The quantitative estimate of drug-likeness (QED) is 0.228. The third-order valence-electron chi connectivity index (χ3n) is 6.13. The number of nitrogens with zero attached hydrogens (tertiary/aromatic N) is 2. The molecule has 9 heteroatoms. The molecule has 0 radical (unpaired) electrons. The lowest BCUT2D eigenvalue weighted by Gasteiger charge is -2.19. The highest BCUT2D eigenvalue weighted by molar-refractivity contribution is 5.94. The van der Waals surface area contributed by atoms with Crippen LogP contribution in [0.5, 0.6) is 0 Å². The van der Waals surface area contributed by atoms with Gasteiger partial charge in [0.1, 0.15) is 5.82 Å². The van der Waals surface area contributed by atoms with Crippen molar-refractivity contribution in [2.45, 2.75) is 39.2 Å². The Labute approximate surface area is 226 Å². The summed E-state index contributed by atoms with van der Waals surface area (Å²) in [7, 11) is 0. The highest BCUT2D eigenvalue weighted by Gasteiger charge is 2.13. The minimum atomic E-state index is -0.330. The van der Waals surface area contributed by atoms with Crippen molar-refractivity contribution in [2.24, 2.45) is 0 Å². The lowest BCUT2D eigenvalue weighted by molar-refractivity contribution is -0.142. The van der Waals surface area contributed by atoms with Crippen molar-refractivity contribution >= 4 is 17.6 Å². The molecule has 1 unspecified atom stereocenters. The van der Waals surface area contributed by atoms with Gasteiger partial charge in [0.2, 0.25) is 11.8 Å². The highest BCUT2D eigenvalue weighted by Crippen LogP contribution is 2.25. The van der Waals surface area contributed by atoms with Crippen molar-refractivity contribution < 1.29 is 23.1 Å². The standard InChI is InChI=1S/C30H31FN4O4/c1-3-25(33-26-15-11-21(12-16-26)28(37)32-18-17-27(36)38-4-2)19-20-5-7-22(8-6-20)29-34-35-30(39-29)23-9-13-24(31)14-10-23/h5-16,25,33H,3-4,17-19H2,1-2H3,(H,32,37). The van der Waals surface area contributed by atoms with Crippen molar-refractivity contribution in [1.29, 1.82) is 0 Å². The number of carbonyl (C=O) groups is 2. The molecule has 0 aliphatic carbocycles. The lowest BCUT2D eigenvalue weighted by Crippen LogP contribution is -2.26. The molecule has 0 fully saturated rings. The van der Waals surface area contributed by atoms with Gasteiger partial charge in [0.05, 0.1) is 13.0 Å². The van der Waals surface area contributed by atoms with Gasteiger partial charge in [-0.1, -0.05) is 19.1 Å². The average molecular weight is 531 g/mol. The van der Waals surface area contributed by atoms with E-state index in [9.17, 15) is 14.0 Å². The second-order valence-electron chi connectivity index (χ2n) is 8.96. The summed E-state index contributed by atoms with van der Waals surface area (Å²) in [6.45, 7) is 4.42. The van der Waals surface area contributed by atoms with Crippen molar-refractivity contribution in [3.63, 3.8) is 0 Å². The minimum absolute atomic E-state index is 0.143. The van der Waals surface area contributed by atoms with Crippen molar-refractivity contribution in [1.82, 2.24) is 15.5 Å². The monoisotopic (exact) mass is 530 g/mol. The van der Waals surface area contributed by atoms with E-state index < -0.39 is 0 Å².